The maximum atomic E-state index is 12.3. The molecule has 1 fully saturated rings. The van der Waals surface area contributed by atoms with Crippen LogP contribution in [0.5, 0.6) is 0 Å². The van der Waals surface area contributed by atoms with Crippen LogP contribution in [0.15, 0.2) is 23.2 Å². The van der Waals surface area contributed by atoms with Crippen molar-refractivity contribution < 1.29 is 8.42 Å². The van der Waals surface area contributed by atoms with Crippen molar-refractivity contribution in [2.45, 2.75) is 24.7 Å². The third kappa shape index (κ3) is 2.78. The van der Waals surface area contributed by atoms with E-state index in [4.69, 9.17) is 11.6 Å². The first kappa shape index (κ1) is 12.8. The molecule has 1 aliphatic rings. The molecule has 0 unspecified atom stereocenters. The second kappa shape index (κ2) is 4.92. The fraction of sp³-hybridized carbons (Fsp3) is 0.545. The maximum Gasteiger partial charge on any atom is 0.243 e. The van der Waals surface area contributed by atoms with Gasteiger partial charge in [0.2, 0.25) is 10.0 Å². The van der Waals surface area contributed by atoms with E-state index in [1.54, 1.807) is 0 Å². The molecule has 17 heavy (non-hydrogen) atoms. The van der Waals surface area contributed by atoms with Crippen molar-refractivity contribution in [3.05, 3.63) is 23.5 Å². The Morgan fingerprint density at radius 3 is 2.65 bits per heavy atom. The largest absolute Gasteiger partial charge is 0.244 e. The molecule has 2 rings (SSSR count). The van der Waals surface area contributed by atoms with Crippen molar-refractivity contribution in [1.82, 2.24) is 9.29 Å². The number of piperidine rings is 1. The molecular weight excluding hydrogens is 260 g/mol. The summed E-state index contributed by atoms with van der Waals surface area (Å²) >= 11 is 5.72. The van der Waals surface area contributed by atoms with Crippen molar-refractivity contribution in [3.63, 3.8) is 0 Å². The van der Waals surface area contributed by atoms with Crippen LogP contribution in [0.25, 0.3) is 0 Å². The minimum absolute atomic E-state index is 0.205. The van der Waals surface area contributed by atoms with E-state index in [-0.39, 0.29) is 10.0 Å². The van der Waals surface area contributed by atoms with Gasteiger partial charge in [-0.1, -0.05) is 18.5 Å². The van der Waals surface area contributed by atoms with Crippen molar-refractivity contribution >= 4 is 21.6 Å². The Balaban J connectivity index is 2.25. The third-order valence-electron chi connectivity index (χ3n) is 3.08. The van der Waals surface area contributed by atoms with Gasteiger partial charge in [0.15, 0.2) is 0 Å². The van der Waals surface area contributed by atoms with E-state index in [1.165, 1.54) is 22.6 Å². The summed E-state index contributed by atoms with van der Waals surface area (Å²) in [6.45, 7) is 3.32. The lowest BCUT2D eigenvalue weighted by Gasteiger charge is -2.29. The zero-order chi connectivity index (χ0) is 12.5. The highest BCUT2D eigenvalue weighted by Crippen LogP contribution is 2.24. The molecular formula is C11H15ClN2O2S. The van der Waals surface area contributed by atoms with E-state index >= 15 is 0 Å². The molecule has 0 spiro atoms. The molecule has 0 radical (unpaired) electrons. The SMILES string of the molecule is CC1CCN(S(=O)(=O)c2ccnc(Cl)c2)CC1. The van der Waals surface area contributed by atoms with Gasteiger partial charge in [-0.2, -0.15) is 4.31 Å². The van der Waals surface area contributed by atoms with Crippen LogP contribution in [0.3, 0.4) is 0 Å². The molecule has 4 nitrogen and oxygen atoms in total. The summed E-state index contributed by atoms with van der Waals surface area (Å²) in [4.78, 5) is 4.02. The van der Waals surface area contributed by atoms with E-state index < -0.39 is 10.0 Å². The first-order valence-electron chi connectivity index (χ1n) is 5.62. The van der Waals surface area contributed by atoms with Crippen LogP contribution < -0.4 is 0 Å². The normalized spacial score (nSPS) is 19.4. The molecule has 0 aromatic carbocycles. The van der Waals surface area contributed by atoms with Gasteiger partial charge in [0.1, 0.15) is 5.15 Å². The molecule has 6 heteroatoms. The Hall–Kier alpha value is -0.650. The fourth-order valence-electron chi connectivity index (χ4n) is 1.92. The summed E-state index contributed by atoms with van der Waals surface area (Å²) in [5.74, 6) is 0.600. The van der Waals surface area contributed by atoms with Crippen LogP contribution in [0, 0.1) is 5.92 Å². The summed E-state index contributed by atoms with van der Waals surface area (Å²) in [7, 11) is -3.40. The number of hydrogen-bond donors (Lipinski definition) is 0. The molecule has 0 N–H and O–H groups in total. The Morgan fingerprint density at radius 1 is 1.41 bits per heavy atom. The number of pyridine rings is 1. The van der Waals surface area contributed by atoms with Crippen LogP contribution in [-0.2, 0) is 10.0 Å². The lowest BCUT2D eigenvalue weighted by molar-refractivity contribution is 0.288. The number of halogens is 1. The predicted octanol–water partition coefficient (Wildman–Crippen LogP) is 2.16. The van der Waals surface area contributed by atoms with Crippen LogP contribution in [0.1, 0.15) is 19.8 Å². The number of rotatable bonds is 2. The lowest BCUT2D eigenvalue weighted by Crippen LogP contribution is -2.37. The van der Waals surface area contributed by atoms with Crippen LogP contribution >= 0.6 is 11.6 Å². The molecule has 94 valence electrons. The zero-order valence-electron chi connectivity index (χ0n) is 9.63. The van der Waals surface area contributed by atoms with Crippen molar-refractivity contribution in [2.24, 2.45) is 5.92 Å². The smallest absolute Gasteiger partial charge is 0.243 e. The van der Waals surface area contributed by atoms with Gasteiger partial charge in [0, 0.05) is 19.3 Å². The maximum absolute atomic E-state index is 12.3. The highest BCUT2D eigenvalue weighted by atomic mass is 35.5. The van der Waals surface area contributed by atoms with E-state index in [0.29, 0.717) is 19.0 Å². The molecule has 1 aliphatic heterocycles. The van der Waals surface area contributed by atoms with Crippen molar-refractivity contribution in [1.29, 1.82) is 0 Å². The topological polar surface area (TPSA) is 50.3 Å². The second-order valence-electron chi connectivity index (χ2n) is 4.40. The standard InChI is InChI=1S/C11H15ClN2O2S/c1-9-3-6-14(7-4-9)17(15,16)10-2-5-13-11(12)8-10/h2,5,8-9H,3-4,6-7H2,1H3. The summed E-state index contributed by atoms with van der Waals surface area (Å²) < 4.78 is 26.1. The van der Waals surface area contributed by atoms with Gasteiger partial charge in [-0.15, -0.1) is 0 Å². The molecule has 0 bridgehead atoms. The van der Waals surface area contributed by atoms with Gasteiger partial charge in [0.05, 0.1) is 4.90 Å². The quantitative estimate of drug-likeness (QED) is 0.777. The molecule has 0 aliphatic carbocycles. The van der Waals surface area contributed by atoms with Gasteiger partial charge in [-0.3, -0.25) is 0 Å². The zero-order valence-corrected chi connectivity index (χ0v) is 11.2. The molecule has 1 aromatic rings. The summed E-state index contributed by atoms with van der Waals surface area (Å²) in [6, 6.07) is 2.88. The van der Waals surface area contributed by atoms with Crippen molar-refractivity contribution in [3.8, 4) is 0 Å². The minimum atomic E-state index is -3.40. The molecule has 1 saturated heterocycles. The Labute approximate surface area is 107 Å². The highest BCUT2D eigenvalue weighted by Gasteiger charge is 2.28. The monoisotopic (exact) mass is 274 g/mol. The first-order valence-corrected chi connectivity index (χ1v) is 7.43. The average molecular weight is 275 g/mol. The van der Waals surface area contributed by atoms with Gasteiger partial charge in [0.25, 0.3) is 0 Å². The third-order valence-corrected chi connectivity index (χ3v) is 5.18. The van der Waals surface area contributed by atoms with E-state index in [1.807, 2.05) is 0 Å². The highest BCUT2D eigenvalue weighted by molar-refractivity contribution is 7.89. The molecule has 0 saturated carbocycles. The number of hydrogen-bond acceptors (Lipinski definition) is 3. The van der Waals surface area contributed by atoms with Gasteiger partial charge in [-0.05, 0) is 30.9 Å². The number of sulfonamides is 1. The number of aromatic nitrogens is 1. The molecule has 1 aromatic heterocycles. The summed E-state index contributed by atoms with van der Waals surface area (Å²) in [5.41, 5.74) is 0. The van der Waals surface area contributed by atoms with E-state index in [2.05, 4.69) is 11.9 Å². The molecule has 0 atom stereocenters. The van der Waals surface area contributed by atoms with Crippen LogP contribution in [-0.4, -0.2) is 30.8 Å². The van der Waals surface area contributed by atoms with E-state index in [9.17, 15) is 8.42 Å². The first-order chi connectivity index (χ1) is 8.00. The predicted molar refractivity (Wildman–Crippen MR) is 66.4 cm³/mol. The Bertz CT molecular complexity index is 496. The Morgan fingerprint density at radius 2 is 2.06 bits per heavy atom. The van der Waals surface area contributed by atoms with Gasteiger partial charge < -0.3 is 0 Å². The molecule has 2 heterocycles. The van der Waals surface area contributed by atoms with Crippen molar-refractivity contribution in [2.75, 3.05) is 13.1 Å². The second-order valence-corrected chi connectivity index (χ2v) is 6.73. The van der Waals surface area contributed by atoms with Crippen LogP contribution in [0.2, 0.25) is 5.15 Å². The summed E-state index contributed by atoms with van der Waals surface area (Å²) in [5, 5.41) is 0.205. The van der Waals surface area contributed by atoms with Crippen LogP contribution in [0.4, 0.5) is 0 Å². The minimum Gasteiger partial charge on any atom is -0.244 e. The Kier molecular flexibility index (Phi) is 3.70. The average Bonchev–Trinajstić information content (AvgIpc) is 2.29. The number of nitrogens with zero attached hydrogens (tertiary/aromatic N) is 2. The lowest BCUT2D eigenvalue weighted by atomic mass is 10.0. The summed E-state index contributed by atoms with van der Waals surface area (Å²) in [6.07, 6.45) is 3.25. The van der Waals surface area contributed by atoms with Gasteiger partial charge >= 0.3 is 0 Å². The fourth-order valence-corrected chi connectivity index (χ4v) is 3.64. The molecule has 0 amide bonds. The van der Waals surface area contributed by atoms with Gasteiger partial charge in [-0.25, -0.2) is 13.4 Å². The van der Waals surface area contributed by atoms with E-state index in [0.717, 1.165) is 12.8 Å².